The van der Waals surface area contributed by atoms with Gasteiger partial charge in [-0.1, -0.05) is 31.9 Å². The average molecular weight is 402 g/mol. The van der Waals surface area contributed by atoms with Crippen LogP contribution in [0, 0.1) is 22.0 Å². The quantitative estimate of drug-likeness (QED) is 0.463. The Kier molecular flexibility index (Phi) is 7.65. The summed E-state index contributed by atoms with van der Waals surface area (Å²) in [6, 6.07) is 6.45. The van der Waals surface area contributed by atoms with Crippen molar-refractivity contribution in [1.29, 1.82) is 0 Å². The number of nitrogens with zero attached hydrogens (tertiary/aromatic N) is 5. The molecule has 1 aromatic heterocycles. The van der Waals surface area contributed by atoms with E-state index in [1.54, 1.807) is 12.1 Å². The van der Waals surface area contributed by atoms with Gasteiger partial charge in [0, 0.05) is 18.7 Å². The topological polar surface area (TPSA) is 125 Å². The summed E-state index contributed by atoms with van der Waals surface area (Å²) in [5, 5.41) is 27.0. The Morgan fingerprint density at radius 3 is 2.76 bits per heavy atom. The van der Waals surface area contributed by atoms with E-state index in [0.29, 0.717) is 11.8 Å². The molecule has 1 aromatic carbocycles. The van der Waals surface area contributed by atoms with E-state index in [1.165, 1.54) is 31.4 Å². The second kappa shape index (κ2) is 10.4. The molecule has 3 atom stereocenters. The first-order valence-electron chi connectivity index (χ1n) is 10.6. The maximum Gasteiger partial charge on any atom is 0.269 e. The normalized spacial score (nSPS) is 20.5. The van der Waals surface area contributed by atoms with E-state index in [2.05, 4.69) is 27.8 Å². The van der Waals surface area contributed by atoms with E-state index in [0.717, 1.165) is 50.3 Å². The number of nitrogens with one attached hydrogen (secondary N) is 1. The van der Waals surface area contributed by atoms with E-state index >= 15 is 0 Å². The molecule has 0 bridgehead atoms. The summed E-state index contributed by atoms with van der Waals surface area (Å²) < 4.78 is 1.84. The van der Waals surface area contributed by atoms with Crippen LogP contribution in [0.4, 0.5) is 5.69 Å². The fourth-order valence-electron chi connectivity index (χ4n) is 4.12. The van der Waals surface area contributed by atoms with Gasteiger partial charge in [-0.25, -0.2) is 4.68 Å². The van der Waals surface area contributed by atoms with Gasteiger partial charge in [0.25, 0.3) is 5.69 Å². The zero-order chi connectivity index (χ0) is 20.6. The van der Waals surface area contributed by atoms with Crippen LogP contribution in [0.2, 0.25) is 0 Å². The number of tetrazole rings is 1. The molecule has 1 aliphatic carbocycles. The predicted molar refractivity (Wildman–Crippen MR) is 110 cm³/mol. The molecule has 29 heavy (non-hydrogen) atoms. The first kappa shape index (κ1) is 21.3. The van der Waals surface area contributed by atoms with Gasteiger partial charge in [0.15, 0.2) is 5.82 Å². The Morgan fingerprint density at radius 2 is 2.07 bits per heavy atom. The molecule has 0 saturated heterocycles. The van der Waals surface area contributed by atoms with Gasteiger partial charge in [0.2, 0.25) is 0 Å². The predicted octanol–water partition coefficient (Wildman–Crippen LogP) is 2.83. The lowest BCUT2D eigenvalue weighted by atomic mass is 9.81. The first-order chi connectivity index (χ1) is 14.1. The molecule has 3 rings (SSSR count). The molecule has 1 fully saturated rings. The molecule has 0 radical (unpaired) electrons. The summed E-state index contributed by atoms with van der Waals surface area (Å²) in [4.78, 5) is 10.6. The molecule has 3 N–H and O–H groups in total. The van der Waals surface area contributed by atoms with Gasteiger partial charge in [-0.2, -0.15) is 0 Å². The van der Waals surface area contributed by atoms with Crippen LogP contribution in [-0.2, 0) is 6.54 Å². The molecular weight excluding hydrogens is 370 g/mol. The third kappa shape index (κ3) is 5.57. The van der Waals surface area contributed by atoms with Crippen molar-refractivity contribution in [3.05, 3.63) is 45.8 Å². The molecule has 9 heteroatoms. The number of nitro benzene ring substituents is 1. The summed E-state index contributed by atoms with van der Waals surface area (Å²) in [6.45, 7) is 4.48. The van der Waals surface area contributed by atoms with Crippen LogP contribution in [0.3, 0.4) is 0 Å². The minimum Gasteiger partial charge on any atom is -0.330 e. The second-order valence-electron chi connectivity index (χ2n) is 7.94. The number of aromatic nitrogens is 4. The molecule has 1 saturated carbocycles. The Labute approximate surface area is 171 Å². The van der Waals surface area contributed by atoms with E-state index < -0.39 is 0 Å². The third-order valence-corrected chi connectivity index (χ3v) is 5.81. The highest BCUT2D eigenvalue weighted by Gasteiger charge is 2.25. The first-order valence-corrected chi connectivity index (χ1v) is 10.6. The number of hydrogen-bond donors (Lipinski definition) is 2. The Hall–Kier alpha value is -2.39. The largest absolute Gasteiger partial charge is 0.330 e. The third-order valence-electron chi connectivity index (χ3n) is 5.81. The van der Waals surface area contributed by atoms with Gasteiger partial charge < -0.3 is 11.1 Å². The minimum atomic E-state index is -0.382. The van der Waals surface area contributed by atoms with Crippen LogP contribution in [0.25, 0.3) is 0 Å². The van der Waals surface area contributed by atoms with Gasteiger partial charge in [-0.15, -0.1) is 5.10 Å². The maximum absolute atomic E-state index is 11.0. The van der Waals surface area contributed by atoms with Crippen LogP contribution in [0.5, 0.6) is 0 Å². The van der Waals surface area contributed by atoms with Gasteiger partial charge in [-0.3, -0.25) is 10.1 Å². The lowest BCUT2D eigenvalue weighted by Crippen LogP contribution is -2.33. The summed E-state index contributed by atoms with van der Waals surface area (Å²) in [5.41, 5.74) is 6.89. The molecule has 1 aliphatic rings. The molecule has 9 nitrogen and oxygen atoms in total. The highest BCUT2D eigenvalue weighted by Crippen LogP contribution is 2.29. The number of unbranched alkanes of at least 4 members (excludes halogenated alkanes) is 1. The van der Waals surface area contributed by atoms with E-state index in [4.69, 9.17) is 5.73 Å². The van der Waals surface area contributed by atoms with E-state index in [9.17, 15) is 10.1 Å². The lowest BCUT2D eigenvalue weighted by Gasteiger charge is -2.30. The summed E-state index contributed by atoms with van der Waals surface area (Å²) >= 11 is 0. The maximum atomic E-state index is 11.0. The molecule has 2 aromatic rings. The monoisotopic (exact) mass is 401 g/mol. The van der Waals surface area contributed by atoms with Gasteiger partial charge >= 0.3 is 0 Å². The van der Waals surface area contributed by atoms with Crippen LogP contribution in [0.1, 0.15) is 62.9 Å². The Balaban J connectivity index is 1.79. The van der Waals surface area contributed by atoms with Crippen LogP contribution in [-0.4, -0.2) is 38.2 Å². The summed E-state index contributed by atoms with van der Waals surface area (Å²) in [6.07, 6.45) is 6.80. The zero-order valence-corrected chi connectivity index (χ0v) is 17.0. The van der Waals surface area contributed by atoms with Crippen molar-refractivity contribution in [1.82, 2.24) is 25.5 Å². The Bertz CT molecular complexity index is 777. The number of nitro groups is 1. The molecule has 0 spiro atoms. The number of nitrogens with two attached hydrogens (primary N) is 1. The van der Waals surface area contributed by atoms with Crippen LogP contribution in [0.15, 0.2) is 24.3 Å². The van der Waals surface area contributed by atoms with Crippen molar-refractivity contribution >= 4 is 5.69 Å². The molecule has 0 aliphatic heterocycles. The molecular formula is C20H31N7O2. The summed E-state index contributed by atoms with van der Waals surface area (Å²) in [5.74, 6) is 1.92. The van der Waals surface area contributed by atoms with Crippen molar-refractivity contribution < 1.29 is 4.92 Å². The SMILES string of the molecule is CCCCn1nnnc1C(NCC1CCCC(CN)C1)c1ccc([N+](=O)[O-])cc1. The fraction of sp³-hybridized carbons (Fsp3) is 0.650. The molecule has 0 amide bonds. The second-order valence-corrected chi connectivity index (χ2v) is 7.94. The van der Waals surface area contributed by atoms with Crippen LogP contribution >= 0.6 is 0 Å². The van der Waals surface area contributed by atoms with Gasteiger partial charge in [0.05, 0.1) is 11.0 Å². The zero-order valence-electron chi connectivity index (χ0n) is 17.0. The highest BCUT2D eigenvalue weighted by molar-refractivity contribution is 5.36. The number of rotatable bonds is 10. The molecule has 158 valence electrons. The van der Waals surface area contributed by atoms with Gasteiger partial charge in [-0.05, 0) is 66.6 Å². The smallest absolute Gasteiger partial charge is 0.269 e. The van der Waals surface area contributed by atoms with Crippen molar-refractivity contribution in [2.24, 2.45) is 17.6 Å². The Morgan fingerprint density at radius 1 is 1.31 bits per heavy atom. The van der Waals surface area contributed by atoms with E-state index in [-0.39, 0.29) is 16.7 Å². The summed E-state index contributed by atoms with van der Waals surface area (Å²) in [7, 11) is 0. The van der Waals surface area contributed by atoms with Gasteiger partial charge in [0.1, 0.15) is 0 Å². The van der Waals surface area contributed by atoms with Crippen molar-refractivity contribution in [2.75, 3.05) is 13.1 Å². The molecule has 3 unspecified atom stereocenters. The number of non-ortho nitro benzene ring substituents is 1. The highest BCUT2D eigenvalue weighted by atomic mass is 16.6. The fourth-order valence-corrected chi connectivity index (χ4v) is 4.12. The van der Waals surface area contributed by atoms with E-state index in [1.807, 2.05) is 4.68 Å². The molecule has 1 heterocycles. The number of aryl methyl sites for hydroxylation is 1. The van der Waals surface area contributed by atoms with Crippen molar-refractivity contribution in [2.45, 2.75) is 58.0 Å². The number of hydrogen-bond acceptors (Lipinski definition) is 7. The van der Waals surface area contributed by atoms with Crippen molar-refractivity contribution in [3.8, 4) is 0 Å². The van der Waals surface area contributed by atoms with Crippen molar-refractivity contribution in [3.63, 3.8) is 0 Å². The average Bonchev–Trinajstić information content (AvgIpc) is 3.21. The van der Waals surface area contributed by atoms with Crippen LogP contribution < -0.4 is 11.1 Å². The number of benzene rings is 1. The standard InChI is InChI=1S/C20H31N7O2/c1-2-3-11-26-20(23-24-25-26)19(17-7-9-18(10-8-17)27(28)29)22-14-16-6-4-5-15(12-16)13-21/h7-10,15-16,19,22H,2-6,11-14,21H2,1H3. The lowest BCUT2D eigenvalue weighted by molar-refractivity contribution is -0.384. The minimum absolute atomic E-state index is 0.0798.